The van der Waals surface area contributed by atoms with Crippen molar-refractivity contribution in [3.8, 4) is 0 Å². The smallest absolute Gasteiger partial charge is 0.237 e. The van der Waals surface area contributed by atoms with E-state index in [0.717, 1.165) is 6.42 Å². The molecule has 1 heterocycles. The topological polar surface area (TPSA) is 89.3 Å². The summed E-state index contributed by atoms with van der Waals surface area (Å²) in [5.74, 6) is -0.0846. The second-order valence-electron chi connectivity index (χ2n) is 4.79. The Hall–Kier alpha value is -0.620. The number of carbonyl (C=O) groups is 1. The summed E-state index contributed by atoms with van der Waals surface area (Å²) in [4.78, 5) is 11.7. The third-order valence-corrected chi connectivity index (χ3v) is 4.77. The third-order valence-electron chi connectivity index (χ3n) is 2.86. The minimum Gasteiger partial charge on any atom is -0.349 e. The lowest BCUT2D eigenvalue weighted by Gasteiger charge is -2.25. The lowest BCUT2D eigenvalue weighted by atomic mass is 10.0. The van der Waals surface area contributed by atoms with Crippen molar-refractivity contribution >= 4 is 15.7 Å². The van der Waals surface area contributed by atoms with Crippen LogP contribution in [-0.4, -0.2) is 37.4 Å². The highest BCUT2D eigenvalue weighted by molar-refractivity contribution is 7.91. The number of carbonyl (C=O) groups excluding carboxylic acids is 1. The molecule has 0 aliphatic carbocycles. The largest absolute Gasteiger partial charge is 0.349 e. The van der Waals surface area contributed by atoms with Gasteiger partial charge in [0.2, 0.25) is 5.91 Å². The lowest BCUT2D eigenvalue weighted by Crippen LogP contribution is -2.52. The van der Waals surface area contributed by atoms with E-state index >= 15 is 0 Å². The first-order valence-electron chi connectivity index (χ1n) is 5.56. The van der Waals surface area contributed by atoms with Gasteiger partial charge in [-0.1, -0.05) is 13.3 Å². The predicted molar refractivity (Wildman–Crippen MR) is 62.7 cm³/mol. The quantitative estimate of drug-likeness (QED) is 0.721. The minimum atomic E-state index is -2.99. The van der Waals surface area contributed by atoms with Crippen molar-refractivity contribution in [3.05, 3.63) is 0 Å². The molecule has 1 fully saturated rings. The van der Waals surface area contributed by atoms with Crippen LogP contribution < -0.4 is 11.1 Å². The first-order valence-corrected chi connectivity index (χ1v) is 7.38. The van der Waals surface area contributed by atoms with Gasteiger partial charge in [0.15, 0.2) is 9.84 Å². The molecule has 0 spiro atoms. The molecule has 3 N–H and O–H groups in total. The van der Waals surface area contributed by atoms with Gasteiger partial charge in [0.25, 0.3) is 0 Å². The molecule has 2 atom stereocenters. The van der Waals surface area contributed by atoms with Gasteiger partial charge in [-0.2, -0.15) is 0 Å². The Kier molecular flexibility index (Phi) is 3.96. The van der Waals surface area contributed by atoms with Gasteiger partial charge in [0.05, 0.1) is 23.1 Å². The Morgan fingerprint density at radius 3 is 2.62 bits per heavy atom. The molecule has 0 aromatic rings. The molecule has 0 saturated carbocycles. The average molecular weight is 248 g/mol. The molecule has 16 heavy (non-hydrogen) atoms. The highest BCUT2D eigenvalue weighted by atomic mass is 32.2. The van der Waals surface area contributed by atoms with E-state index in [1.54, 1.807) is 6.92 Å². The summed E-state index contributed by atoms with van der Waals surface area (Å²) in [6.45, 7) is 3.71. The van der Waals surface area contributed by atoms with Gasteiger partial charge in [0.1, 0.15) is 0 Å². The van der Waals surface area contributed by atoms with Crippen molar-refractivity contribution in [2.24, 2.45) is 5.73 Å². The summed E-state index contributed by atoms with van der Waals surface area (Å²) in [7, 11) is -2.99. The van der Waals surface area contributed by atoms with Gasteiger partial charge in [-0.15, -0.1) is 0 Å². The van der Waals surface area contributed by atoms with E-state index in [1.807, 2.05) is 6.92 Å². The molecule has 1 aliphatic rings. The maximum absolute atomic E-state index is 11.7. The highest BCUT2D eigenvalue weighted by Crippen LogP contribution is 2.22. The van der Waals surface area contributed by atoms with Crippen molar-refractivity contribution in [1.29, 1.82) is 0 Å². The zero-order valence-corrected chi connectivity index (χ0v) is 10.6. The molecule has 1 aliphatic heterocycles. The molecule has 1 rings (SSSR count). The minimum absolute atomic E-state index is 0.0184. The second-order valence-corrected chi connectivity index (χ2v) is 6.97. The molecular formula is C10H20N2O3S. The van der Waals surface area contributed by atoms with Gasteiger partial charge in [-0.3, -0.25) is 4.79 Å². The molecule has 1 amide bonds. The Morgan fingerprint density at radius 1 is 1.56 bits per heavy atom. The number of amides is 1. The van der Waals surface area contributed by atoms with Crippen LogP contribution in [-0.2, 0) is 14.6 Å². The Bertz CT molecular complexity index is 366. The first-order chi connectivity index (χ1) is 7.28. The molecule has 94 valence electrons. The SMILES string of the molecule is CCC[C@H](N)C(=O)NC1(C)CCS(=O)(=O)C1. The molecule has 1 saturated heterocycles. The summed E-state index contributed by atoms with van der Waals surface area (Å²) in [6.07, 6.45) is 1.93. The molecule has 0 aromatic carbocycles. The van der Waals surface area contributed by atoms with E-state index in [2.05, 4.69) is 5.32 Å². The number of rotatable bonds is 4. The fraction of sp³-hybridized carbons (Fsp3) is 0.900. The number of nitrogens with one attached hydrogen (secondary N) is 1. The van der Waals surface area contributed by atoms with Crippen LogP contribution in [0.15, 0.2) is 0 Å². The van der Waals surface area contributed by atoms with Crippen LogP contribution in [0.2, 0.25) is 0 Å². The first kappa shape index (κ1) is 13.4. The van der Waals surface area contributed by atoms with E-state index in [-0.39, 0.29) is 17.4 Å². The van der Waals surface area contributed by atoms with Crippen LogP contribution in [0.5, 0.6) is 0 Å². The normalized spacial score (nSPS) is 29.9. The van der Waals surface area contributed by atoms with Crippen LogP contribution in [0, 0.1) is 0 Å². The van der Waals surface area contributed by atoms with E-state index in [4.69, 9.17) is 5.73 Å². The summed E-state index contributed by atoms with van der Waals surface area (Å²) in [6, 6.07) is -0.537. The zero-order chi connectivity index (χ0) is 12.4. The average Bonchev–Trinajstić information content (AvgIpc) is 2.40. The lowest BCUT2D eigenvalue weighted by molar-refractivity contribution is -0.124. The maximum atomic E-state index is 11.7. The second kappa shape index (κ2) is 4.71. The zero-order valence-electron chi connectivity index (χ0n) is 9.82. The van der Waals surface area contributed by atoms with Crippen LogP contribution in [0.1, 0.15) is 33.1 Å². The Morgan fingerprint density at radius 2 is 2.19 bits per heavy atom. The highest BCUT2D eigenvalue weighted by Gasteiger charge is 2.39. The molecular weight excluding hydrogens is 228 g/mol. The van der Waals surface area contributed by atoms with Crippen molar-refractivity contribution in [2.45, 2.75) is 44.7 Å². The predicted octanol–water partition coefficient (Wildman–Crippen LogP) is -0.193. The summed E-state index contributed by atoms with van der Waals surface area (Å²) >= 11 is 0. The molecule has 0 aromatic heterocycles. The Labute approximate surface area is 96.7 Å². The van der Waals surface area contributed by atoms with E-state index in [1.165, 1.54) is 0 Å². The number of hydrogen-bond acceptors (Lipinski definition) is 4. The standard InChI is InChI=1S/C10H20N2O3S/c1-3-4-8(11)9(13)12-10(2)5-6-16(14,15)7-10/h8H,3-7,11H2,1-2H3,(H,12,13)/t8-,10?/m0/s1. The molecule has 5 nitrogen and oxygen atoms in total. The van der Waals surface area contributed by atoms with Crippen molar-refractivity contribution in [3.63, 3.8) is 0 Å². The van der Waals surface area contributed by atoms with Crippen molar-refractivity contribution in [2.75, 3.05) is 11.5 Å². The number of hydrogen-bond donors (Lipinski definition) is 2. The van der Waals surface area contributed by atoms with E-state index < -0.39 is 21.4 Å². The summed E-state index contributed by atoms with van der Waals surface area (Å²) < 4.78 is 22.7. The summed E-state index contributed by atoms with van der Waals surface area (Å²) in [5.41, 5.74) is 5.03. The monoisotopic (exact) mass is 248 g/mol. The van der Waals surface area contributed by atoms with Gasteiger partial charge in [-0.25, -0.2) is 8.42 Å². The van der Waals surface area contributed by atoms with Gasteiger partial charge < -0.3 is 11.1 Å². The van der Waals surface area contributed by atoms with Crippen molar-refractivity contribution < 1.29 is 13.2 Å². The molecule has 0 radical (unpaired) electrons. The van der Waals surface area contributed by atoms with Crippen molar-refractivity contribution in [1.82, 2.24) is 5.32 Å². The van der Waals surface area contributed by atoms with Gasteiger partial charge >= 0.3 is 0 Å². The Balaban J connectivity index is 2.58. The van der Waals surface area contributed by atoms with Gasteiger partial charge in [0, 0.05) is 0 Å². The number of sulfone groups is 1. The molecule has 1 unspecified atom stereocenters. The van der Waals surface area contributed by atoms with Crippen LogP contribution in [0.25, 0.3) is 0 Å². The van der Waals surface area contributed by atoms with Crippen LogP contribution in [0.4, 0.5) is 0 Å². The third kappa shape index (κ3) is 3.45. The molecule has 6 heteroatoms. The number of nitrogens with two attached hydrogens (primary N) is 1. The van der Waals surface area contributed by atoms with Crippen LogP contribution >= 0.6 is 0 Å². The molecule has 0 bridgehead atoms. The fourth-order valence-corrected chi connectivity index (χ4v) is 4.03. The fourth-order valence-electron chi connectivity index (χ4n) is 1.94. The van der Waals surface area contributed by atoms with E-state index in [9.17, 15) is 13.2 Å². The van der Waals surface area contributed by atoms with Gasteiger partial charge in [-0.05, 0) is 19.8 Å². The maximum Gasteiger partial charge on any atom is 0.237 e. The van der Waals surface area contributed by atoms with Crippen LogP contribution in [0.3, 0.4) is 0 Å². The summed E-state index contributed by atoms with van der Waals surface area (Å²) in [5, 5.41) is 2.75. The van der Waals surface area contributed by atoms with E-state index in [0.29, 0.717) is 12.8 Å².